The molecule has 1 aliphatic heterocycles. The number of aldehydes is 1. The lowest BCUT2D eigenvalue weighted by molar-refractivity contribution is 0.111. The van der Waals surface area contributed by atoms with Crippen LogP contribution in [0.3, 0.4) is 0 Å². The van der Waals surface area contributed by atoms with Crippen molar-refractivity contribution >= 4 is 6.29 Å². The van der Waals surface area contributed by atoms with Crippen molar-refractivity contribution in [1.82, 2.24) is 4.90 Å². The molecule has 1 aliphatic rings. The number of nitrogens with zero attached hydrogens (tertiary/aromatic N) is 1. The van der Waals surface area contributed by atoms with Gasteiger partial charge in [0.25, 0.3) is 0 Å². The molecule has 1 aromatic rings. The molecule has 0 aromatic heterocycles. The van der Waals surface area contributed by atoms with Crippen molar-refractivity contribution in [3.63, 3.8) is 0 Å². The molecule has 0 N–H and O–H groups in total. The van der Waals surface area contributed by atoms with E-state index in [1.54, 1.807) is 6.07 Å². The van der Waals surface area contributed by atoms with Crippen LogP contribution in [0.5, 0.6) is 5.75 Å². The summed E-state index contributed by atoms with van der Waals surface area (Å²) in [5.41, 5.74) is 0.270. The number of rotatable bonds is 5. The second kappa shape index (κ2) is 5.77. The lowest BCUT2D eigenvalue weighted by atomic mass is 10.2. The molecule has 0 spiro atoms. The average Bonchev–Trinajstić information content (AvgIpc) is 2.84. The Bertz CT molecular complexity index is 389. The van der Waals surface area contributed by atoms with Crippen LogP contribution >= 0.6 is 0 Å². The van der Waals surface area contributed by atoms with Crippen LogP contribution in [-0.4, -0.2) is 37.4 Å². The third-order valence-electron chi connectivity index (χ3n) is 2.98. The number of ether oxygens (including phenoxy) is 1. The smallest absolute Gasteiger partial charge is 0.165 e. The highest BCUT2D eigenvalue weighted by molar-refractivity contribution is 5.79. The van der Waals surface area contributed by atoms with E-state index in [0.29, 0.717) is 12.9 Å². The molecule has 0 unspecified atom stereocenters. The number of para-hydroxylation sites is 1. The molecule has 2 rings (SSSR count). The third-order valence-corrected chi connectivity index (χ3v) is 2.98. The first-order chi connectivity index (χ1) is 8.31. The number of carbonyl (C=O) groups is 1. The molecule has 3 nitrogen and oxygen atoms in total. The summed E-state index contributed by atoms with van der Waals surface area (Å²) >= 11 is 0. The standard InChI is InChI=1S/C13H16FNO2/c14-12-5-3-4-11(10-16)13(12)17-9-8-15-6-1-2-7-15/h3-5,10H,1-2,6-9H2. The Kier molecular flexibility index (Phi) is 4.09. The van der Waals surface area contributed by atoms with Crippen LogP contribution in [0, 0.1) is 5.82 Å². The molecule has 0 atom stereocenters. The molecule has 0 amide bonds. The molecule has 1 heterocycles. The highest BCUT2D eigenvalue weighted by Crippen LogP contribution is 2.21. The molecular weight excluding hydrogens is 221 g/mol. The minimum absolute atomic E-state index is 0.0710. The van der Waals surface area contributed by atoms with Crippen LogP contribution in [0.1, 0.15) is 23.2 Å². The number of likely N-dealkylation sites (tertiary alicyclic amines) is 1. The zero-order chi connectivity index (χ0) is 12.1. The van der Waals surface area contributed by atoms with Gasteiger partial charge in [-0.15, -0.1) is 0 Å². The average molecular weight is 237 g/mol. The van der Waals surface area contributed by atoms with Crippen LogP contribution in [0.4, 0.5) is 4.39 Å². The van der Waals surface area contributed by atoms with E-state index < -0.39 is 5.82 Å². The zero-order valence-corrected chi connectivity index (χ0v) is 9.69. The number of benzene rings is 1. The van der Waals surface area contributed by atoms with E-state index in [0.717, 1.165) is 19.6 Å². The van der Waals surface area contributed by atoms with Gasteiger partial charge in [-0.2, -0.15) is 0 Å². The van der Waals surface area contributed by atoms with Crippen LogP contribution in [0.2, 0.25) is 0 Å². The summed E-state index contributed by atoms with van der Waals surface area (Å²) in [5, 5.41) is 0. The monoisotopic (exact) mass is 237 g/mol. The molecule has 1 fully saturated rings. The van der Waals surface area contributed by atoms with Gasteiger partial charge >= 0.3 is 0 Å². The maximum atomic E-state index is 13.4. The van der Waals surface area contributed by atoms with Crippen molar-refractivity contribution in [2.75, 3.05) is 26.2 Å². The van der Waals surface area contributed by atoms with Gasteiger partial charge in [-0.25, -0.2) is 4.39 Å². The number of hydrogen-bond donors (Lipinski definition) is 0. The fourth-order valence-electron chi connectivity index (χ4n) is 2.05. The van der Waals surface area contributed by atoms with Crippen molar-refractivity contribution < 1.29 is 13.9 Å². The normalized spacial score (nSPS) is 16.1. The van der Waals surface area contributed by atoms with E-state index >= 15 is 0 Å². The largest absolute Gasteiger partial charge is 0.488 e. The van der Waals surface area contributed by atoms with Crippen molar-refractivity contribution in [2.45, 2.75) is 12.8 Å². The Hall–Kier alpha value is -1.42. The van der Waals surface area contributed by atoms with Gasteiger partial charge in [0, 0.05) is 6.54 Å². The van der Waals surface area contributed by atoms with E-state index in [-0.39, 0.29) is 11.3 Å². The topological polar surface area (TPSA) is 29.5 Å². The van der Waals surface area contributed by atoms with E-state index in [1.165, 1.54) is 25.0 Å². The second-order valence-corrected chi connectivity index (χ2v) is 4.17. The van der Waals surface area contributed by atoms with E-state index in [9.17, 15) is 9.18 Å². The summed E-state index contributed by atoms with van der Waals surface area (Å²) < 4.78 is 18.8. The zero-order valence-electron chi connectivity index (χ0n) is 9.69. The summed E-state index contributed by atoms with van der Waals surface area (Å²) in [4.78, 5) is 13.0. The maximum Gasteiger partial charge on any atom is 0.165 e. The number of carbonyl (C=O) groups excluding carboxylic acids is 1. The minimum atomic E-state index is -0.476. The van der Waals surface area contributed by atoms with Gasteiger partial charge in [-0.05, 0) is 38.1 Å². The van der Waals surface area contributed by atoms with Gasteiger partial charge in [-0.3, -0.25) is 9.69 Å². The van der Waals surface area contributed by atoms with Crippen molar-refractivity contribution in [2.24, 2.45) is 0 Å². The molecule has 1 aromatic carbocycles. The molecule has 4 heteroatoms. The molecule has 1 saturated heterocycles. The fourth-order valence-corrected chi connectivity index (χ4v) is 2.05. The second-order valence-electron chi connectivity index (χ2n) is 4.17. The predicted octanol–water partition coefficient (Wildman–Crippen LogP) is 2.11. The van der Waals surface area contributed by atoms with Crippen molar-refractivity contribution in [3.8, 4) is 5.75 Å². The molecule has 17 heavy (non-hydrogen) atoms. The Balaban J connectivity index is 1.91. The van der Waals surface area contributed by atoms with Gasteiger partial charge in [0.2, 0.25) is 0 Å². The van der Waals surface area contributed by atoms with Gasteiger partial charge in [-0.1, -0.05) is 6.07 Å². The Morgan fingerprint density at radius 1 is 1.35 bits per heavy atom. The van der Waals surface area contributed by atoms with Gasteiger partial charge in [0.05, 0.1) is 5.56 Å². The Morgan fingerprint density at radius 3 is 2.82 bits per heavy atom. The highest BCUT2D eigenvalue weighted by Gasteiger charge is 2.13. The molecule has 0 bridgehead atoms. The van der Waals surface area contributed by atoms with Crippen LogP contribution in [0.25, 0.3) is 0 Å². The first-order valence-electron chi connectivity index (χ1n) is 5.90. The summed E-state index contributed by atoms with van der Waals surface area (Å²) in [6.45, 7) is 3.37. The van der Waals surface area contributed by atoms with Gasteiger partial charge in [0.15, 0.2) is 17.9 Å². The van der Waals surface area contributed by atoms with Crippen LogP contribution < -0.4 is 4.74 Å². The lowest BCUT2D eigenvalue weighted by Crippen LogP contribution is -2.25. The molecular formula is C13H16FNO2. The molecule has 0 saturated carbocycles. The Morgan fingerprint density at radius 2 is 2.12 bits per heavy atom. The summed E-state index contributed by atoms with van der Waals surface area (Å²) in [5.74, 6) is -0.405. The third kappa shape index (κ3) is 3.03. The van der Waals surface area contributed by atoms with E-state index in [4.69, 9.17) is 4.74 Å². The van der Waals surface area contributed by atoms with E-state index in [1.807, 2.05) is 0 Å². The van der Waals surface area contributed by atoms with E-state index in [2.05, 4.69) is 4.90 Å². The predicted molar refractivity (Wildman–Crippen MR) is 63.0 cm³/mol. The fraction of sp³-hybridized carbons (Fsp3) is 0.462. The summed E-state index contributed by atoms with van der Waals surface area (Å²) in [6.07, 6.45) is 3.06. The molecule has 0 radical (unpaired) electrons. The SMILES string of the molecule is O=Cc1cccc(F)c1OCCN1CCCC1. The summed E-state index contributed by atoms with van der Waals surface area (Å²) in [7, 11) is 0. The van der Waals surface area contributed by atoms with Crippen molar-refractivity contribution in [3.05, 3.63) is 29.6 Å². The Labute approximate surface area is 100 Å². The minimum Gasteiger partial charge on any atom is -0.488 e. The number of hydrogen-bond acceptors (Lipinski definition) is 3. The van der Waals surface area contributed by atoms with Crippen molar-refractivity contribution in [1.29, 1.82) is 0 Å². The number of halogens is 1. The first kappa shape index (κ1) is 12.0. The van der Waals surface area contributed by atoms with Crippen LogP contribution in [-0.2, 0) is 0 Å². The summed E-state index contributed by atoms with van der Waals surface area (Å²) in [6, 6.07) is 4.37. The molecule has 0 aliphatic carbocycles. The van der Waals surface area contributed by atoms with Gasteiger partial charge < -0.3 is 4.74 Å². The molecule has 92 valence electrons. The lowest BCUT2D eigenvalue weighted by Gasteiger charge is -2.15. The quantitative estimate of drug-likeness (QED) is 0.735. The first-order valence-corrected chi connectivity index (χ1v) is 5.90. The van der Waals surface area contributed by atoms with Crippen LogP contribution in [0.15, 0.2) is 18.2 Å². The van der Waals surface area contributed by atoms with Gasteiger partial charge in [0.1, 0.15) is 6.61 Å². The maximum absolute atomic E-state index is 13.4. The highest BCUT2D eigenvalue weighted by atomic mass is 19.1.